The van der Waals surface area contributed by atoms with Gasteiger partial charge in [0.25, 0.3) is 0 Å². The molecule has 0 spiro atoms. The van der Waals surface area contributed by atoms with Crippen molar-refractivity contribution < 1.29 is 23.5 Å². The van der Waals surface area contributed by atoms with E-state index in [0.29, 0.717) is 0 Å². The van der Waals surface area contributed by atoms with Crippen LogP contribution in [0.5, 0.6) is 0 Å². The number of methoxy groups -OCH3 is 2. The fourth-order valence-electron chi connectivity index (χ4n) is 2.11. The van der Waals surface area contributed by atoms with Gasteiger partial charge in [-0.2, -0.15) is 5.26 Å². The number of carbonyl (C=O) groups is 2. The molecule has 0 atom stereocenters. The lowest BCUT2D eigenvalue weighted by Crippen LogP contribution is -2.12. The summed E-state index contributed by atoms with van der Waals surface area (Å²) in [7, 11) is 2.23. The molecule has 0 aliphatic heterocycles. The van der Waals surface area contributed by atoms with E-state index in [1.165, 1.54) is 12.3 Å². The predicted molar refractivity (Wildman–Crippen MR) is 82.5 cm³/mol. The molecule has 2 rings (SSSR count). The lowest BCUT2D eigenvalue weighted by atomic mass is 10.2. The lowest BCUT2D eigenvalue weighted by Gasteiger charge is -2.11. The summed E-state index contributed by atoms with van der Waals surface area (Å²) in [6.07, 6.45) is 1.24. The molecule has 1 heterocycles. The van der Waals surface area contributed by atoms with Gasteiger partial charge in [0.15, 0.2) is 5.69 Å². The van der Waals surface area contributed by atoms with Crippen molar-refractivity contribution in [1.29, 1.82) is 5.26 Å². The fraction of sp³-hybridized carbons (Fsp3) is 0.133. The number of ether oxygens (including phenoxy) is 2. The number of benzene rings is 1. The highest BCUT2D eigenvalue weighted by Gasteiger charge is 2.24. The second-order valence-corrected chi connectivity index (χ2v) is 4.96. The molecule has 0 amide bonds. The maximum Gasteiger partial charge on any atom is 0.357 e. The maximum atomic E-state index is 14.2. The predicted octanol–water partition coefficient (Wildman–Crippen LogP) is 2.30. The Balaban J connectivity index is 2.72. The average molecular weight is 352 g/mol. The van der Waals surface area contributed by atoms with Crippen molar-refractivity contribution >= 4 is 29.2 Å². The molecular weight excluding hydrogens is 341 g/mol. The van der Waals surface area contributed by atoms with Crippen molar-refractivity contribution in [3.05, 3.63) is 46.0 Å². The minimum Gasteiger partial charge on any atom is -0.465 e. The van der Waals surface area contributed by atoms with Gasteiger partial charge in [0.1, 0.15) is 17.4 Å². The molecule has 7 nitrogen and oxygen atoms in total. The van der Waals surface area contributed by atoms with E-state index in [0.717, 1.165) is 24.9 Å². The molecular formula is C15H11ClFN3O4. The first-order valence-electron chi connectivity index (χ1n) is 6.42. The second kappa shape index (κ2) is 6.60. The fourth-order valence-corrected chi connectivity index (χ4v) is 2.39. The number of nitriles is 1. The van der Waals surface area contributed by atoms with Gasteiger partial charge >= 0.3 is 11.9 Å². The molecule has 0 saturated heterocycles. The topological polar surface area (TPSA) is 107 Å². The number of hydrogen-bond acceptors (Lipinski definition) is 6. The van der Waals surface area contributed by atoms with Gasteiger partial charge in [-0.1, -0.05) is 11.6 Å². The number of nitrogen functional groups attached to an aromatic ring is 1. The van der Waals surface area contributed by atoms with E-state index in [9.17, 15) is 14.0 Å². The summed E-state index contributed by atoms with van der Waals surface area (Å²) in [5.41, 5.74) is 5.13. The van der Waals surface area contributed by atoms with Crippen LogP contribution in [0.1, 0.15) is 26.4 Å². The molecule has 1 aromatic heterocycles. The Labute approximate surface area is 140 Å². The SMILES string of the molecule is COC(=O)c1c(F)cc(-n2cc(C#N)c(N)c2C(=O)OC)cc1Cl. The van der Waals surface area contributed by atoms with Crippen LogP contribution >= 0.6 is 11.6 Å². The summed E-state index contributed by atoms with van der Waals surface area (Å²) < 4.78 is 24.5. The standard InChI is InChI=1S/C15H11ClFN3O4/c1-23-14(21)11-9(16)3-8(4-10(11)17)20-6-7(5-18)12(19)13(20)15(22)24-2/h3-4,6H,19H2,1-2H3. The zero-order chi connectivity index (χ0) is 18.0. The Morgan fingerprint density at radius 2 is 1.92 bits per heavy atom. The number of nitrogens with two attached hydrogens (primary N) is 1. The minimum absolute atomic E-state index is 0.00368. The minimum atomic E-state index is -0.953. The van der Waals surface area contributed by atoms with Crippen LogP contribution in [0.2, 0.25) is 5.02 Å². The number of rotatable bonds is 3. The first-order valence-corrected chi connectivity index (χ1v) is 6.80. The molecule has 0 radical (unpaired) electrons. The largest absolute Gasteiger partial charge is 0.465 e. The van der Waals surface area contributed by atoms with Crippen LogP contribution in [0.4, 0.5) is 10.1 Å². The van der Waals surface area contributed by atoms with E-state index >= 15 is 0 Å². The normalized spacial score (nSPS) is 10.1. The van der Waals surface area contributed by atoms with Gasteiger partial charge in [-0.3, -0.25) is 0 Å². The molecule has 2 aromatic rings. The van der Waals surface area contributed by atoms with Crippen molar-refractivity contribution in [3.63, 3.8) is 0 Å². The summed E-state index contributed by atoms with van der Waals surface area (Å²) in [6, 6.07) is 4.02. The molecule has 0 bridgehead atoms. The summed E-state index contributed by atoms with van der Waals surface area (Å²) in [4.78, 5) is 23.5. The van der Waals surface area contributed by atoms with Gasteiger partial charge in [0, 0.05) is 6.20 Å². The van der Waals surface area contributed by atoms with Crippen LogP contribution in [-0.4, -0.2) is 30.7 Å². The first-order chi connectivity index (χ1) is 11.3. The van der Waals surface area contributed by atoms with Crippen LogP contribution in [0.15, 0.2) is 18.3 Å². The average Bonchev–Trinajstić information content (AvgIpc) is 2.89. The van der Waals surface area contributed by atoms with E-state index in [1.807, 2.05) is 6.07 Å². The van der Waals surface area contributed by atoms with Gasteiger partial charge in [-0.05, 0) is 12.1 Å². The molecule has 0 saturated carbocycles. The molecule has 9 heteroatoms. The highest BCUT2D eigenvalue weighted by atomic mass is 35.5. The number of anilines is 1. The lowest BCUT2D eigenvalue weighted by molar-refractivity contribution is 0.0584. The quantitative estimate of drug-likeness (QED) is 0.850. The Morgan fingerprint density at radius 3 is 2.42 bits per heavy atom. The number of hydrogen-bond donors (Lipinski definition) is 1. The molecule has 2 N–H and O–H groups in total. The van der Waals surface area contributed by atoms with Crippen molar-refractivity contribution in [1.82, 2.24) is 4.57 Å². The summed E-state index contributed by atoms with van der Waals surface area (Å²) in [5.74, 6) is -2.71. The molecule has 0 fully saturated rings. The van der Waals surface area contributed by atoms with E-state index < -0.39 is 23.3 Å². The van der Waals surface area contributed by atoms with E-state index in [1.54, 1.807) is 0 Å². The maximum absolute atomic E-state index is 14.2. The van der Waals surface area contributed by atoms with Crippen LogP contribution in [0.3, 0.4) is 0 Å². The van der Waals surface area contributed by atoms with Crippen molar-refractivity contribution in [3.8, 4) is 11.8 Å². The van der Waals surface area contributed by atoms with E-state index in [4.69, 9.17) is 22.6 Å². The van der Waals surface area contributed by atoms with Crippen LogP contribution in [-0.2, 0) is 9.47 Å². The highest BCUT2D eigenvalue weighted by molar-refractivity contribution is 6.33. The monoisotopic (exact) mass is 351 g/mol. The molecule has 24 heavy (non-hydrogen) atoms. The number of aromatic nitrogens is 1. The third-order valence-electron chi connectivity index (χ3n) is 3.24. The molecule has 0 aliphatic rings. The zero-order valence-corrected chi connectivity index (χ0v) is 13.3. The second-order valence-electron chi connectivity index (χ2n) is 4.55. The summed E-state index contributed by atoms with van der Waals surface area (Å²) in [5, 5.41) is 8.84. The highest BCUT2D eigenvalue weighted by Crippen LogP contribution is 2.29. The Morgan fingerprint density at radius 1 is 1.29 bits per heavy atom. The Bertz CT molecular complexity index is 863. The first kappa shape index (κ1) is 17.3. The summed E-state index contributed by atoms with van der Waals surface area (Å²) >= 11 is 5.94. The smallest absolute Gasteiger partial charge is 0.357 e. The van der Waals surface area contributed by atoms with Crippen LogP contribution < -0.4 is 5.73 Å². The van der Waals surface area contributed by atoms with Gasteiger partial charge in [0.2, 0.25) is 0 Å². The van der Waals surface area contributed by atoms with E-state index in [2.05, 4.69) is 9.47 Å². The van der Waals surface area contributed by atoms with Gasteiger partial charge in [0.05, 0.1) is 36.2 Å². The third kappa shape index (κ3) is 2.77. The number of halogens is 2. The molecule has 1 aromatic carbocycles. The van der Waals surface area contributed by atoms with Crippen molar-refractivity contribution in [2.45, 2.75) is 0 Å². The van der Waals surface area contributed by atoms with Crippen LogP contribution in [0.25, 0.3) is 5.69 Å². The summed E-state index contributed by atoms with van der Waals surface area (Å²) in [6.45, 7) is 0. The molecule has 0 unspecified atom stereocenters. The van der Waals surface area contributed by atoms with Crippen molar-refractivity contribution in [2.75, 3.05) is 20.0 Å². The third-order valence-corrected chi connectivity index (χ3v) is 3.54. The number of esters is 2. The number of nitrogens with zero attached hydrogens (tertiary/aromatic N) is 2. The van der Waals surface area contributed by atoms with E-state index in [-0.39, 0.29) is 27.7 Å². The zero-order valence-electron chi connectivity index (χ0n) is 12.6. The van der Waals surface area contributed by atoms with Gasteiger partial charge in [-0.15, -0.1) is 0 Å². The molecule has 0 aliphatic carbocycles. The Kier molecular flexibility index (Phi) is 4.76. The number of carbonyl (C=O) groups excluding carboxylic acids is 2. The molecule has 124 valence electrons. The van der Waals surface area contributed by atoms with Gasteiger partial charge < -0.3 is 19.8 Å². The Hall–Kier alpha value is -3.05. The van der Waals surface area contributed by atoms with Gasteiger partial charge in [-0.25, -0.2) is 14.0 Å². The van der Waals surface area contributed by atoms with Crippen LogP contribution in [0, 0.1) is 17.1 Å². The van der Waals surface area contributed by atoms with Crippen molar-refractivity contribution in [2.24, 2.45) is 0 Å².